The van der Waals surface area contributed by atoms with E-state index in [1.54, 1.807) is 0 Å². The van der Waals surface area contributed by atoms with E-state index in [1.165, 1.54) is 60.9 Å². The summed E-state index contributed by atoms with van der Waals surface area (Å²) in [6.45, 7) is 16.1. The van der Waals surface area contributed by atoms with Crippen molar-refractivity contribution < 1.29 is 4.58 Å². The van der Waals surface area contributed by atoms with Gasteiger partial charge in [-0.1, -0.05) is 92.2 Å². The fourth-order valence-corrected chi connectivity index (χ4v) is 9.10. The summed E-state index contributed by atoms with van der Waals surface area (Å²) >= 11 is 7.26. The molecule has 0 bridgehead atoms. The highest BCUT2D eigenvalue weighted by Gasteiger charge is 2.46. The third kappa shape index (κ3) is 4.71. The summed E-state index contributed by atoms with van der Waals surface area (Å²) in [6, 6.07) is 27.3. The van der Waals surface area contributed by atoms with E-state index < -0.39 is 0 Å². The Morgan fingerprint density at radius 1 is 0.822 bits per heavy atom. The van der Waals surface area contributed by atoms with Gasteiger partial charge in [-0.15, -0.1) is 0 Å². The van der Waals surface area contributed by atoms with Crippen molar-refractivity contribution in [2.75, 3.05) is 18.0 Å². The Labute approximate surface area is 274 Å². The van der Waals surface area contributed by atoms with Gasteiger partial charge in [0.1, 0.15) is 6.54 Å². The fraction of sp³-hybridized carbons (Fsp3) is 0.357. The minimum Gasteiger partial charge on any atom is -0.367 e. The second-order valence-electron chi connectivity index (χ2n) is 14.1. The van der Waals surface area contributed by atoms with E-state index in [0.717, 1.165) is 43.8 Å². The zero-order valence-electron chi connectivity index (χ0n) is 27.8. The van der Waals surface area contributed by atoms with Crippen LogP contribution < -0.4 is 4.90 Å². The molecule has 0 N–H and O–H groups in total. The van der Waals surface area contributed by atoms with Crippen molar-refractivity contribution in [1.29, 1.82) is 0 Å². The van der Waals surface area contributed by atoms with Gasteiger partial charge in [0.15, 0.2) is 5.71 Å². The minimum atomic E-state index is -0.0973. The van der Waals surface area contributed by atoms with Crippen molar-refractivity contribution in [2.24, 2.45) is 0 Å². The van der Waals surface area contributed by atoms with Crippen LogP contribution in [0.4, 0.5) is 11.4 Å². The molecule has 0 aromatic heterocycles. The monoisotopic (exact) mass is 613 g/mol. The number of rotatable bonds is 6. The molecular formula is C42H46ClN2+. The molecule has 230 valence electrons. The first-order valence-electron chi connectivity index (χ1n) is 16.9. The maximum Gasteiger partial charge on any atom is 0.210 e. The zero-order valence-corrected chi connectivity index (χ0v) is 28.5. The van der Waals surface area contributed by atoms with Crippen molar-refractivity contribution in [3.8, 4) is 0 Å². The van der Waals surface area contributed by atoms with Gasteiger partial charge in [0.05, 0.1) is 5.41 Å². The summed E-state index contributed by atoms with van der Waals surface area (Å²) in [4.78, 5) is 2.62. The molecule has 0 spiro atoms. The Morgan fingerprint density at radius 3 is 2.18 bits per heavy atom. The molecule has 45 heavy (non-hydrogen) atoms. The van der Waals surface area contributed by atoms with Gasteiger partial charge in [0.25, 0.3) is 0 Å². The molecule has 0 radical (unpaired) electrons. The predicted octanol–water partition coefficient (Wildman–Crippen LogP) is 11.1. The average Bonchev–Trinajstić information content (AvgIpc) is 3.41. The molecule has 0 fully saturated rings. The van der Waals surface area contributed by atoms with Gasteiger partial charge in [-0.05, 0) is 104 Å². The van der Waals surface area contributed by atoms with Crippen LogP contribution in [0.2, 0.25) is 0 Å². The highest BCUT2D eigenvalue weighted by Crippen LogP contribution is 2.50. The van der Waals surface area contributed by atoms with Gasteiger partial charge in [-0.2, -0.15) is 4.58 Å². The average molecular weight is 614 g/mol. The number of nitrogens with zero attached hydrogens (tertiary/aromatic N) is 2. The number of allylic oxidation sites excluding steroid dienone is 5. The minimum absolute atomic E-state index is 0.0321. The van der Waals surface area contributed by atoms with E-state index >= 15 is 0 Å². The van der Waals surface area contributed by atoms with E-state index in [4.69, 9.17) is 11.6 Å². The van der Waals surface area contributed by atoms with Gasteiger partial charge in [-0.3, -0.25) is 0 Å². The van der Waals surface area contributed by atoms with E-state index in [0.29, 0.717) is 6.04 Å². The van der Waals surface area contributed by atoms with Crippen LogP contribution in [0.5, 0.6) is 0 Å². The highest BCUT2D eigenvalue weighted by molar-refractivity contribution is 6.32. The summed E-state index contributed by atoms with van der Waals surface area (Å²) in [5.74, 6) is 0. The normalized spacial score (nSPS) is 21.5. The molecular weight excluding hydrogens is 568 g/mol. The summed E-state index contributed by atoms with van der Waals surface area (Å²) < 4.78 is 2.50. The van der Waals surface area contributed by atoms with Gasteiger partial charge in [0, 0.05) is 46.4 Å². The second-order valence-corrected chi connectivity index (χ2v) is 14.5. The lowest BCUT2D eigenvalue weighted by molar-refractivity contribution is -0.433. The maximum absolute atomic E-state index is 7.26. The number of halogens is 1. The molecule has 1 unspecified atom stereocenters. The third-order valence-corrected chi connectivity index (χ3v) is 11.5. The van der Waals surface area contributed by atoms with E-state index in [1.807, 2.05) is 0 Å². The van der Waals surface area contributed by atoms with Gasteiger partial charge in [0.2, 0.25) is 5.69 Å². The van der Waals surface area contributed by atoms with Crippen LogP contribution in [0.25, 0.3) is 21.5 Å². The smallest absolute Gasteiger partial charge is 0.210 e. The molecule has 0 saturated carbocycles. The number of benzene rings is 4. The molecule has 0 saturated heterocycles. The van der Waals surface area contributed by atoms with E-state index in [-0.39, 0.29) is 10.8 Å². The molecule has 0 amide bonds. The molecule has 2 heterocycles. The molecule has 3 aliphatic rings. The Bertz CT molecular complexity index is 1950. The molecule has 4 aromatic rings. The molecule has 1 atom stereocenters. The van der Waals surface area contributed by atoms with Gasteiger partial charge >= 0.3 is 0 Å². The van der Waals surface area contributed by atoms with Crippen molar-refractivity contribution in [3.05, 3.63) is 118 Å². The molecule has 1 aliphatic carbocycles. The Hall–Kier alpha value is -3.62. The lowest BCUT2D eigenvalue weighted by Gasteiger charge is -2.34. The summed E-state index contributed by atoms with van der Waals surface area (Å²) in [5.41, 5.74) is 9.51. The van der Waals surface area contributed by atoms with Crippen LogP contribution in [-0.2, 0) is 10.8 Å². The Balaban J connectivity index is 1.20. The Morgan fingerprint density at radius 2 is 1.49 bits per heavy atom. The summed E-state index contributed by atoms with van der Waals surface area (Å²) in [5, 5.41) is 6.34. The molecule has 7 rings (SSSR count). The highest BCUT2D eigenvalue weighted by atomic mass is 35.5. The van der Waals surface area contributed by atoms with Crippen LogP contribution in [0.1, 0.15) is 78.4 Å². The summed E-state index contributed by atoms with van der Waals surface area (Å²) in [6.07, 6.45) is 11.3. The van der Waals surface area contributed by atoms with Gasteiger partial charge in [-0.25, -0.2) is 0 Å². The molecule has 2 nitrogen and oxygen atoms in total. The van der Waals surface area contributed by atoms with Crippen LogP contribution in [0.15, 0.2) is 107 Å². The topological polar surface area (TPSA) is 6.25 Å². The molecule has 3 heteroatoms. The fourth-order valence-electron chi connectivity index (χ4n) is 8.77. The van der Waals surface area contributed by atoms with Crippen molar-refractivity contribution in [1.82, 2.24) is 0 Å². The quantitative estimate of drug-likeness (QED) is 0.196. The first-order chi connectivity index (χ1) is 21.7. The SMILES string of the molecule is CCN1c2ccc3ccccc3c2C(C)(C)C1CC=C1CCCC(C=CC2=[N+](CC)c3ccc4ccccc4c3C2(C)C)=C1Cl. The van der Waals surface area contributed by atoms with Crippen LogP contribution in [0.3, 0.4) is 0 Å². The third-order valence-electron chi connectivity index (χ3n) is 11.0. The van der Waals surface area contributed by atoms with E-state index in [2.05, 4.69) is 142 Å². The largest absolute Gasteiger partial charge is 0.367 e. The molecule has 2 aliphatic heterocycles. The lowest BCUT2D eigenvalue weighted by Crippen LogP contribution is -2.41. The van der Waals surface area contributed by atoms with Gasteiger partial charge < -0.3 is 4.90 Å². The first kappa shape index (κ1) is 30.1. The number of anilines is 1. The first-order valence-corrected chi connectivity index (χ1v) is 17.3. The van der Waals surface area contributed by atoms with E-state index in [9.17, 15) is 0 Å². The van der Waals surface area contributed by atoms with Crippen molar-refractivity contribution in [2.45, 2.75) is 84.1 Å². The number of fused-ring (bicyclic) bond motifs is 6. The van der Waals surface area contributed by atoms with Crippen molar-refractivity contribution in [3.63, 3.8) is 0 Å². The molecule has 4 aromatic carbocycles. The lowest BCUT2D eigenvalue weighted by atomic mass is 9.77. The number of hydrogen-bond acceptors (Lipinski definition) is 1. The zero-order chi connectivity index (χ0) is 31.5. The van der Waals surface area contributed by atoms with Crippen molar-refractivity contribution >= 4 is 50.2 Å². The predicted molar refractivity (Wildman–Crippen MR) is 195 cm³/mol. The summed E-state index contributed by atoms with van der Waals surface area (Å²) in [7, 11) is 0. The maximum atomic E-state index is 7.26. The van der Waals surface area contributed by atoms with Crippen LogP contribution in [-0.4, -0.2) is 29.4 Å². The number of likely N-dealkylation sites (N-methyl/N-ethyl adjacent to an activating group) is 1. The van der Waals surface area contributed by atoms with Crippen LogP contribution >= 0.6 is 11.6 Å². The standard InChI is InChI=1S/C42H46ClN2/c1-7-44-34-24-20-28-14-9-11-18-32(28)38(34)41(3,4)36(44)26-22-30-16-13-17-31(40(30)43)23-27-37-42(5,6)39-33-19-12-10-15-29(33)21-25-35(39)45(37)8-2/h9-12,14-15,18-26,37H,7-8,13,16-17,27H2,1-6H3/q+1. The Kier molecular flexibility index (Phi) is 7.56. The second kappa shape index (κ2) is 11.3. The number of hydrogen-bond donors (Lipinski definition) is 0. The van der Waals surface area contributed by atoms with Crippen LogP contribution in [0, 0.1) is 0 Å².